The lowest BCUT2D eigenvalue weighted by molar-refractivity contribution is 0.937. The minimum Gasteiger partial charge on any atom is -0.341 e. The largest absolute Gasteiger partial charge is 0.341 e. The van der Waals surface area contributed by atoms with E-state index in [1.807, 2.05) is 0 Å². The van der Waals surface area contributed by atoms with Gasteiger partial charge in [0.25, 0.3) is 0 Å². The first-order valence-corrected chi connectivity index (χ1v) is 16.0. The van der Waals surface area contributed by atoms with Gasteiger partial charge in [-0.3, -0.25) is 0 Å². The van der Waals surface area contributed by atoms with Crippen molar-refractivity contribution in [1.82, 2.24) is 4.57 Å². The van der Waals surface area contributed by atoms with E-state index in [-0.39, 0.29) is 0 Å². The molecule has 2 nitrogen and oxygen atoms in total. The second-order valence-electron chi connectivity index (χ2n) is 12.2. The van der Waals surface area contributed by atoms with Gasteiger partial charge >= 0.3 is 0 Å². The number of hydrogen-bond donors (Lipinski definition) is 0. The number of fused-ring (bicyclic) bond motifs is 6. The van der Waals surface area contributed by atoms with Gasteiger partial charge in [0.2, 0.25) is 0 Å². The molecule has 0 unspecified atom stereocenters. The normalized spacial score (nSPS) is 14.1. The van der Waals surface area contributed by atoms with Gasteiger partial charge in [-0.15, -0.1) is 0 Å². The molecule has 0 spiro atoms. The maximum absolute atomic E-state index is 4.51. The quantitative estimate of drug-likeness (QED) is 0.199. The molecule has 0 aliphatic carbocycles. The van der Waals surface area contributed by atoms with Crippen LogP contribution in [0.2, 0.25) is 0 Å². The fourth-order valence-electron chi connectivity index (χ4n) is 7.27. The number of rotatable bonds is 3. The summed E-state index contributed by atoms with van der Waals surface area (Å²) in [6, 6.07) is 53.2. The summed E-state index contributed by atoms with van der Waals surface area (Å²) in [5.74, 6) is 0. The summed E-state index contributed by atoms with van der Waals surface area (Å²) >= 11 is 0. The molecule has 46 heavy (non-hydrogen) atoms. The standard InChI is InChI=1S/C44H32N2/c1-30-11-8-9-26-45(36-23-20-31-12-2-3-14-33(31)27-36)41-25-22-34(28-40(30)41)35-21-24-39-38-17-6-7-18-43(38)46(44(39)29-35)42-19-10-15-32-13-4-5-16-37(32)42/h2-8,10-25,27-29H,1,9,26H2/b11-8-. The zero-order valence-electron chi connectivity index (χ0n) is 25.5. The van der Waals surface area contributed by atoms with Gasteiger partial charge in [-0.05, 0) is 81.7 Å². The topological polar surface area (TPSA) is 8.17 Å². The van der Waals surface area contributed by atoms with Crippen molar-refractivity contribution in [2.45, 2.75) is 6.42 Å². The summed E-state index contributed by atoms with van der Waals surface area (Å²) in [6.07, 6.45) is 5.39. The number of anilines is 2. The minimum absolute atomic E-state index is 0.908. The van der Waals surface area contributed by atoms with Gasteiger partial charge in [-0.2, -0.15) is 0 Å². The SMILES string of the molecule is C=C1/C=C\CCN(c2ccc3ccccc3c2)c2ccc(-c3ccc4c5ccccc5n(-c5cccc6ccccc56)c4c3)cc21. The first-order valence-electron chi connectivity index (χ1n) is 16.0. The lowest BCUT2D eigenvalue weighted by Gasteiger charge is -2.29. The predicted molar refractivity (Wildman–Crippen MR) is 197 cm³/mol. The van der Waals surface area contributed by atoms with E-state index in [9.17, 15) is 0 Å². The number of nitrogens with zero attached hydrogens (tertiary/aromatic N) is 2. The van der Waals surface area contributed by atoms with Crippen LogP contribution in [0.5, 0.6) is 0 Å². The highest BCUT2D eigenvalue weighted by Gasteiger charge is 2.19. The third kappa shape index (κ3) is 4.26. The van der Waals surface area contributed by atoms with Crippen LogP contribution in [0.4, 0.5) is 11.4 Å². The number of para-hydroxylation sites is 1. The van der Waals surface area contributed by atoms with Gasteiger partial charge in [0.15, 0.2) is 0 Å². The van der Waals surface area contributed by atoms with Crippen molar-refractivity contribution in [3.63, 3.8) is 0 Å². The summed E-state index contributed by atoms with van der Waals surface area (Å²) in [4.78, 5) is 2.45. The molecule has 2 heterocycles. The van der Waals surface area contributed by atoms with Gasteiger partial charge in [-0.25, -0.2) is 0 Å². The maximum atomic E-state index is 4.51. The molecule has 218 valence electrons. The zero-order valence-corrected chi connectivity index (χ0v) is 25.5. The number of hydrogen-bond acceptors (Lipinski definition) is 1. The highest BCUT2D eigenvalue weighted by atomic mass is 15.1. The molecule has 0 atom stereocenters. The Morgan fingerprint density at radius 2 is 1.22 bits per heavy atom. The van der Waals surface area contributed by atoms with Gasteiger partial charge in [0, 0.05) is 39.6 Å². The van der Waals surface area contributed by atoms with Crippen LogP contribution in [0, 0.1) is 0 Å². The Morgan fingerprint density at radius 3 is 2.13 bits per heavy atom. The van der Waals surface area contributed by atoms with Crippen LogP contribution in [-0.2, 0) is 0 Å². The van der Waals surface area contributed by atoms with E-state index < -0.39 is 0 Å². The van der Waals surface area contributed by atoms with E-state index in [1.165, 1.54) is 71.5 Å². The summed E-state index contributed by atoms with van der Waals surface area (Å²) in [6.45, 7) is 5.42. The first kappa shape index (κ1) is 26.5. The predicted octanol–water partition coefficient (Wildman–Crippen LogP) is 11.9. The molecule has 7 aromatic carbocycles. The molecule has 0 N–H and O–H groups in total. The second-order valence-corrected chi connectivity index (χ2v) is 12.2. The van der Waals surface area contributed by atoms with Crippen molar-refractivity contribution in [2.24, 2.45) is 0 Å². The fourth-order valence-corrected chi connectivity index (χ4v) is 7.27. The van der Waals surface area contributed by atoms with Crippen LogP contribution in [0.1, 0.15) is 12.0 Å². The third-order valence-corrected chi connectivity index (χ3v) is 9.53. The molecule has 0 amide bonds. The van der Waals surface area contributed by atoms with Gasteiger partial charge in [0.1, 0.15) is 0 Å². The van der Waals surface area contributed by atoms with Crippen molar-refractivity contribution in [1.29, 1.82) is 0 Å². The lowest BCUT2D eigenvalue weighted by Crippen LogP contribution is -2.20. The van der Waals surface area contributed by atoms with E-state index in [0.29, 0.717) is 0 Å². The van der Waals surface area contributed by atoms with Gasteiger partial charge in [-0.1, -0.05) is 122 Å². The molecular formula is C44H32N2. The van der Waals surface area contributed by atoms with Crippen molar-refractivity contribution < 1.29 is 0 Å². The monoisotopic (exact) mass is 588 g/mol. The van der Waals surface area contributed by atoms with E-state index in [2.05, 4.69) is 174 Å². The van der Waals surface area contributed by atoms with Crippen molar-refractivity contribution in [3.05, 3.63) is 170 Å². The van der Waals surface area contributed by atoms with Crippen LogP contribution in [0.3, 0.4) is 0 Å². The first-order chi connectivity index (χ1) is 22.7. The van der Waals surface area contributed by atoms with Gasteiger partial charge < -0.3 is 9.47 Å². The molecule has 1 aromatic heterocycles. The Kier molecular flexibility index (Phi) is 6.14. The Labute approximate surface area is 268 Å². The smallest absolute Gasteiger partial charge is 0.0547 e. The van der Waals surface area contributed by atoms with Crippen LogP contribution in [0.15, 0.2) is 164 Å². The summed E-state index contributed by atoms with van der Waals surface area (Å²) in [5, 5.41) is 7.52. The Morgan fingerprint density at radius 1 is 0.500 bits per heavy atom. The molecule has 8 aromatic rings. The number of allylic oxidation sites excluding steroid dienone is 2. The summed E-state index contributed by atoms with van der Waals surface area (Å²) in [5.41, 5.74) is 10.6. The van der Waals surface area contributed by atoms with E-state index in [4.69, 9.17) is 0 Å². The molecule has 2 heteroatoms. The maximum Gasteiger partial charge on any atom is 0.0547 e. The molecule has 1 aliphatic rings. The molecule has 9 rings (SSSR count). The third-order valence-electron chi connectivity index (χ3n) is 9.53. The molecule has 1 aliphatic heterocycles. The fraction of sp³-hybridized carbons (Fsp3) is 0.0455. The van der Waals surface area contributed by atoms with Crippen LogP contribution in [-0.4, -0.2) is 11.1 Å². The van der Waals surface area contributed by atoms with E-state index in [0.717, 1.165) is 24.1 Å². The molecular weight excluding hydrogens is 556 g/mol. The molecule has 0 saturated carbocycles. The van der Waals surface area contributed by atoms with Crippen LogP contribution < -0.4 is 4.90 Å². The summed E-state index contributed by atoms with van der Waals surface area (Å²) in [7, 11) is 0. The minimum atomic E-state index is 0.908. The second kappa shape index (κ2) is 10.6. The number of aromatic nitrogens is 1. The average Bonchev–Trinajstić information content (AvgIpc) is 3.43. The van der Waals surface area contributed by atoms with Crippen molar-refractivity contribution >= 4 is 60.3 Å². The Balaban J connectivity index is 1.22. The molecule has 0 saturated heterocycles. The zero-order chi connectivity index (χ0) is 30.6. The Bertz CT molecular complexity index is 2510. The lowest BCUT2D eigenvalue weighted by atomic mass is 9.95. The average molecular weight is 589 g/mol. The van der Waals surface area contributed by atoms with Crippen molar-refractivity contribution in [3.8, 4) is 16.8 Å². The molecule has 0 fully saturated rings. The molecule has 0 bridgehead atoms. The highest BCUT2D eigenvalue weighted by Crippen LogP contribution is 2.40. The van der Waals surface area contributed by atoms with Crippen LogP contribution >= 0.6 is 0 Å². The van der Waals surface area contributed by atoms with E-state index in [1.54, 1.807) is 0 Å². The Hall–Kier alpha value is -5.86. The van der Waals surface area contributed by atoms with Gasteiger partial charge in [0.05, 0.1) is 16.7 Å². The highest BCUT2D eigenvalue weighted by molar-refractivity contribution is 6.11. The van der Waals surface area contributed by atoms with Crippen LogP contribution in [0.25, 0.3) is 65.7 Å². The molecule has 0 radical (unpaired) electrons. The van der Waals surface area contributed by atoms with E-state index >= 15 is 0 Å². The number of benzene rings is 7. The van der Waals surface area contributed by atoms with Crippen molar-refractivity contribution in [2.75, 3.05) is 11.4 Å². The summed E-state index contributed by atoms with van der Waals surface area (Å²) < 4.78 is 2.44.